The highest BCUT2D eigenvalue weighted by molar-refractivity contribution is 5.93. The Morgan fingerprint density at radius 2 is 1.88 bits per heavy atom. The van der Waals surface area contributed by atoms with Crippen LogP contribution in [0.25, 0.3) is 0 Å². The zero-order valence-electron chi connectivity index (χ0n) is 14.1. The third kappa shape index (κ3) is 3.75. The lowest BCUT2D eigenvalue weighted by atomic mass is 10.1. The molecule has 2 rings (SSSR count). The van der Waals surface area contributed by atoms with E-state index in [-0.39, 0.29) is 17.7 Å². The van der Waals surface area contributed by atoms with Gasteiger partial charge in [-0.15, -0.1) is 0 Å². The zero-order chi connectivity index (χ0) is 18.7. The number of benzene rings is 1. The number of amides is 1. The maximum atomic E-state index is 12.3. The van der Waals surface area contributed by atoms with Gasteiger partial charge < -0.3 is 15.0 Å². The average molecular weight is 339 g/mol. The Kier molecular flexibility index (Phi) is 5.03. The van der Waals surface area contributed by atoms with Crippen molar-refractivity contribution in [2.24, 2.45) is 0 Å². The van der Waals surface area contributed by atoms with E-state index in [0.29, 0.717) is 22.5 Å². The van der Waals surface area contributed by atoms with Gasteiger partial charge in [-0.2, -0.15) is 5.26 Å². The fraction of sp³-hybridized carbons (Fsp3) is 0.222. The van der Waals surface area contributed by atoms with Crippen LogP contribution in [0.15, 0.2) is 29.1 Å². The average Bonchev–Trinajstić information content (AvgIpc) is 2.53. The van der Waals surface area contributed by atoms with Crippen LogP contribution in [0.3, 0.4) is 0 Å². The van der Waals surface area contributed by atoms with Crippen molar-refractivity contribution >= 4 is 17.6 Å². The van der Waals surface area contributed by atoms with Crippen molar-refractivity contribution in [1.82, 2.24) is 4.57 Å². The number of pyridine rings is 1. The molecule has 2 N–H and O–H groups in total. The number of hydrogen-bond acceptors (Lipinski definition) is 4. The molecule has 128 valence electrons. The number of aryl methyl sites for hydroxylation is 3. The molecule has 0 fully saturated rings. The lowest BCUT2D eigenvalue weighted by Crippen LogP contribution is -2.31. The van der Waals surface area contributed by atoms with Gasteiger partial charge in [-0.3, -0.25) is 9.59 Å². The number of nitrogens with one attached hydrogen (secondary N) is 1. The molecular weight excluding hydrogens is 322 g/mol. The first-order chi connectivity index (χ1) is 11.7. The van der Waals surface area contributed by atoms with E-state index in [2.05, 4.69) is 5.32 Å². The molecule has 1 aromatic carbocycles. The van der Waals surface area contributed by atoms with Crippen LogP contribution in [-0.2, 0) is 11.3 Å². The molecule has 0 saturated heterocycles. The summed E-state index contributed by atoms with van der Waals surface area (Å²) in [6.07, 6.45) is 0. The summed E-state index contributed by atoms with van der Waals surface area (Å²) in [5.74, 6) is -1.49. The fourth-order valence-electron chi connectivity index (χ4n) is 2.53. The van der Waals surface area contributed by atoms with Crippen LogP contribution in [0.4, 0.5) is 5.69 Å². The number of aromatic nitrogens is 1. The number of rotatable bonds is 4. The summed E-state index contributed by atoms with van der Waals surface area (Å²) in [5.41, 5.74) is 1.84. The molecule has 25 heavy (non-hydrogen) atoms. The van der Waals surface area contributed by atoms with Crippen LogP contribution in [-0.4, -0.2) is 21.6 Å². The summed E-state index contributed by atoms with van der Waals surface area (Å²) < 4.78 is 1.24. The number of nitrogens with zero attached hydrogens (tertiary/aromatic N) is 2. The Hall–Kier alpha value is -3.40. The van der Waals surface area contributed by atoms with Crippen LogP contribution in [0.5, 0.6) is 0 Å². The van der Waals surface area contributed by atoms with Gasteiger partial charge in [-0.1, -0.05) is 0 Å². The highest BCUT2D eigenvalue weighted by Crippen LogP contribution is 2.17. The monoisotopic (exact) mass is 339 g/mol. The van der Waals surface area contributed by atoms with Gasteiger partial charge in [0, 0.05) is 11.4 Å². The van der Waals surface area contributed by atoms with Crippen molar-refractivity contribution in [1.29, 1.82) is 5.26 Å². The third-order valence-corrected chi connectivity index (χ3v) is 3.87. The van der Waals surface area contributed by atoms with Gasteiger partial charge in [0.25, 0.3) is 5.56 Å². The minimum Gasteiger partial charge on any atom is -0.478 e. The molecule has 0 radical (unpaired) electrons. The second-order valence-corrected chi connectivity index (χ2v) is 5.73. The second kappa shape index (κ2) is 7.01. The number of nitriles is 1. The predicted molar refractivity (Wildman–Crippen MR) is 91.7 cm³/mol. The number of carbonyl (C=O) groups is 2. The van der Waals surface area contributed by atoms with E-state index >= 15 is 0 Å². The van der Waals surface area contributed by atoms with E-state index in [0.717, 1.165) is 0 Å². The molecule has 0 spiro atoms. The number of carbonyl (C=O) groups excluding carboxylic acids is 1. The maximum Gasteiger partial charge on any atom is 0.335 e. The smallest absolute Gasteiger partial charge is 0.335 e. The van der Waals surface area contributed by atoms with Crippen LogP contribution in [0.2, 0.25) is 0 Å². The van der Waals surface area contributed by atoms with Gasteiger partial charge in [-0.05, 0) is 56.2 Å². The highest BCUT2D eigenvalue weighted by Gasteiger charge is 2.14. The predicted octanol–water partition coefficient (Wildman–Crippen LogP) is 1.98. The molecule has 0 aliphatic carbocycles. The summed E-state index contributed by atoms with van der Waals surface area (Å²) in [4.78, 5) is 35.5. The minimum absolute atomic E-state index is 0.0143. The summed E-state index contributed by atoms with van der Waals surface area (Å²) in [6, 6.07) is 7.89. The maximum absolute atomic E-state index is 12.3. The minimum atomic E-state index is -1.05. The molecule has 0 aliphatic rings. The molecule has 0 aliphatic heterocycles. The standard InChI is InChI=1S/C18H17N3O4/c1-10-6-12(3)21(17(23)14(10)8-19)9-16(22)20-15-5-4-13(18(24)25)7-11(15)2/h4-7H,9H2,1-3H3,(H,20,22)(H,24,25). The van der Waals surface area contributed by atoms with E-state index in [1.54, 1.807) is 26.8 Å². The third-order valence-electron chi connectivity index (χ3n) is 3.87. The Bertz CT molecular complexity index is 968. The number of carboxylic acid groups (broad SMARTS) is 1. The van der Waals surface area contributed by atoms with Crippen LogP contribution in [0, 0.1) is 32.1 Å². The largest absolute Gasteiger partial charge is 0.478 e. The van der Waals surface area contributed by atoms with E-state index < -0.39 is 17.4 Å². The zero-order valence-corrected chi connectivity index (χ0v) is 14.1. The molecule has 0 saturated carbocycles. The van der Waals surface area contributed by atoms with Crippen molar-refractivity contribution in [3.63, 3.8) is 0 Å². The van der Waals surface area contributed by atoms with Gasteiger partial charge in [-0.25, -0.2) is 4.79 Å². The van der Waals surface area contributed by atoms with Crippen molar-refractivity contribution < 1.29 is 14.7 Å². The molecule has 2 aromatic rings. The summed E-state index contributed by atoms with van der Waals surface area (Å²) in [7, 11) is 0. The van der Waals surface area contributed by atoms with Gasteiger partial charge in [0.2, 0.25) is 5.91 Å². The van der Waals surface area contributed by atoms with E-state index in [1.807, 2.05) is 6.07 Å². The quantitative estimate of drug-likeness (QED) is 0.884. The van der Waals surface area contributed by atoms with Gasteiger partial charge in [0.15, 0.2) is 0 Å². The van der Waals surface area contributed by atoms with Crippen LogP contribution >= 0.6 is 0 Å². The Morgan fingerprint density at radius 3 is 2.44 bits per heavy atom. The van der Waals surface area contributed by atoms with Gasteiger partial charge in [0.05, 0.1) is 5.56 Å². The molecule has 1 amide bonds. The van der Waals surface area contributed by atoms with E-state index in [1.165, 1.54) is 22.8 Å². The topological polar surface area (TPSA) is 112 Å². The molecular formula is C18H17N3O4. The number of carboxylic acids is 1. The first kappa shape index (κ1) is 17.9. The van der Waals surface area contributed by atoms with Crippen LogP contribution < -0.4 is 10.9 Å². The van der Waals surface area contributed by atoms with Crippen LogP contribution in [0.1, 0.15) is 32.7 Å². The summed E-state index contributed by atoms with van der Waals surface area (Å²) in [6.45, 7) is 4.80. The van der Waals surface area contributed by atoms with E-state index in [9.17, 15) is 14.4 Å². The van der Waals surface area contributed by atoms with Crippen molar-refractivity contribution in [3.05, 3.63) is 62.6 Å². The molecule has 0 bridgehead atoms. The SMILES string of the molecule is Cc1cc(C(=O)O)ccc1NC(=O)Cn1c(C)cc(C)c(C#N)c1=O. The van der Waals surface area contributed by atoms with Crippen molar-refractivity contribution in [3.8, 4) is 6.07 Å². The summed E-state index contributed by atoms with van der Waals surface area (Å²) in [5, 5.41) is 20.7. The van der Waals surface area contributed by atoms with Crippen molar-refractivity contribution in [2.45, 2.75) is 27.3 Å². The van der Waals surface area contributed by atoms with Gasteiger partial charge in [0.1, 0.15) is 18.2 Å². The lowest BCUT2D eigenvalue weighted by molar-refractivity contribution is -0.116. The molecule has 1 heterocycles. The molecule has 7 nitrogen and oxygen atoms in total. The van der Waals surface area contributed by atoms with Gasteiger partial charge >= 0.3 is 5.97 Å². The Balaban J connectivity index is 2.26. The normalized spacial score (nSPS) is 10.2. The van der Waals surface area contributed by atoms with Crippen molar-refractivity contribution in [2.75, 3.05) is 5.32 Å². The summed E-state index contributed by atoms with van der Waals surface area (Å²) >= 11 is 0. The lowest BCUT2D eigenvalue weighted by Gasteiger charge is -2.13. The number of aromatic carboxylic acids is 1. The second-order valence-electron chi connectivity index (χ2n) is 5.73. The van der Waals surface area contributed by atoms with E-state index in [4.69, 9.17) is 10.4 Å². The molecule has 0 unspecified atom stereocenters. The fourth-order valence-corrected chi connectivity index (χ4v) is 2.53. The number of hydrogen-bond donors (Lipinski definition) is 2. The number of anilines is 1. The molecule has 1 aromatic heterocycles. The first-order valence-corrected chi connectivity index (χ1v) is 7.49. The molecule has 7 heteroatoms. The Morgan fingerprint density at radius 1 is 1.20 bits per heavy atom. The molecule has 0 atom stereocenters. The Labute approximate surface area is 144 Å². The highest BCUT2D eigenvalue weighted by atomic mass is 16.4. The first-order valence-electron chi connectivity index (χ1n) is 7.49.